The number of rotatable bonds is 7. The molecular weight excluding hydrogens is 288 g/mol. The van der Waals surface area contributed by atoms with Crippen molar-refractivity contribution in [2.75, 3.05) is 6.54 Å². The van der Waals surface area contributed by atoms with Gasteiger partial charge in [-0.05, 0) is 38.5 Å². The first-order valence-corrected chi connectivity index (χ1v) is 9.35. The van der Waals surface area contributed by atoms with Crippen LogP contribution in [0.2, 0.25) is 0 Å². The average molecular weight is 312 g/mol. The summed E-state index contributed by atoms with van der Waals surface area (Å²) in [4.78, 5) is 0.285. The lowest BCUT2D eigenvalue weighted by Crippen LogP contribution is -2.28. The third-order valence-electron chi connectivity index (χ3n) is 4.39. The van der Waals surface area contributed by atoms with E-state index in [1.807, 2.05) is 0 Å². The highest BCUT2D eigenvalue weighted by atomic mass is 32.2. The summed E-state index contributed by atoms with van der Waals surface area (Å²) in [7, 11) is -3.45. The van der Waals surface area contributed by atoms with E-state index in [1.165, 1.54) is 25.7 Å². The third kappa shape index (κ3) is 3.87. The van der Waals surface area contributed by atoms with Crippen LogP contribution in [0.3, 0.4) is 0 Å². The molecule has 2 N–H and O–H groups in total. The van der Waals surface area contributed by atoms with Crippen LogP contribution < -0.4 is 10.0 Å². The first kappa shape index (κ1) is 15.1. The molecule has 5 nitrogen and oxygen atoms in total. The molecule has 21 heavy (non-hydrogen) atoms. The van der Waals surface area contributed by atoms with Crippen molar-refractivity contribution in [3.05, 3.63) is 17.6 Å². The first-order valence-electron chi connectivity index (χ1n) is 7.87. The molecular formula is C15H24N2O3S. The highest BCUT2D eigenvalue weighted by Gasteiger charge is 2.25. The van der Waals surface area contributed by atoms with E-state index in [0.29, 0.717) is 36.6 Å². The molecule has 0 aliphatic heterocycles. The largest absolute Gasteiger partial charge is 0.464 e. The molecule has 6 heteroatoms. The fourth-order valence-corrected chi connectivity index (χ4v) is 4.25. The Labute approximate surface area is 126 Å². The van der Waals surface area contributed by atoms with E-state index >= 15 is 0 Å². The van der Waals surface area contributed by atoms with Crippen molar-refractivity contribution in [1.82, 2.24) is 10.0 Å². The van der Waals surface area contributed by atoms with Gasteiger partial charge >= 0.3 is 0 Å². The lowest BCUT2D eigenvalue weighted by atomic mass is 10.1. The van der Waals surface area contributed by atoms with Crippen LogP contribution in [-0.4, -0.2) is 21.0 Å². The number of hydrogen-bond acceptors (Lipinski definition) is 4. The Kier molecular flexibility index (Phi) is 4.38. The molecule has 0 saturated heterocycles. The number of furan rings is 1. The predicted octanol–water partition coefficient (Wildman–Crippen LogP) is 2.31. The number of aryl methyl sites for hydroxylation is 1. The van der Waals surface area contributed by atoms with Crippen LogP contribution in [0, 0.1) is 12.8 Å². The molecule has 1 aromatic rings. The molecule has 0 amide bonds. The zero-order valence-corrected chi connectivity index (χ0v) is 13.3. The topological polar surface area (TPSA) is 71.3 Å². The summed E-state index contributed by atoms with van der Waals surface area (Å²) in [6, 6.07) is 2.23. The summed E-state index contributed by atoms with van der Waals surface area (Å²) in [5.41, 5.74) is 0. The van der Waals surface area contributed by atoms with E-state index < -0.39 is 10.0 Å². The maximum absolute atomic E-state index is 12.4. The summed E-state index contributed by atoms with van der Waals surface area (Å²) >= 11 is 0. The number of hydrogen-bond donors (Lipinski definition) is 2. The molecule has 2 saturated carbocycles. The van der Waals surface area contributed by atoms with Crippen LogP contribution in [-0.2, 0) is 16.6 Å². The van der Waals surface area contributed by atoms with E-state index in [0.717, 1.165) is 12.8 Å². The van der Waals surface area contributed by atoms with Gasteiger partial charge in [0, 0.05) is 18.7 Å². The average Bonchev–Trinajstić information content (AvgIpc) is 2.97. The fraction of sp³-hybridized carbons (Fsp3) is 0.733. The molecule has 0 atom stereocenters. The van der Waals surface area contributed by atoms with Crippen LogP contribution in [0.1, 0.15) is 50.0 Å². The quantitative estimate of drug-likeness (QED) is 0.810. The monoisotopic (exact) mass is 312 g/mol. The summed E-state index contributed by atoms with van der Waals surface area (Å²) < 4.78 is 33.1. The van der Waals surface area contributed by atoms with E-state index in [2.05, 4.69) is 10.0 Å². The predicted molar refractivity (Wildman–Crippen MR) is 80.5 cm³/mol. The van der Waals surface area contributed by atoms with Crippen molar-refractivity contribution in [3.8, 4) is 0 Å². The van der Waals surface area contributed by atoms with Crippen molar-refractivity contribution in [1.29, 1.82) is 0 Å². The molecule has 0 radical (unpaired) electrons. The van der Waals surface area contributed by atoms with Gasteiger partial charge < -0.3 is 9.73 Å². The second-order valence-corrected chi connectivity index (χ2v) is 8.03. The number of sulfonamides is 1. The van der Waals surface area contributed by atoms with Crippen molar-refractivity contribution >= 4 is 10.0 Å². The minimum Gasteiger partial charge on any atom is -0.464 e. The second-order valence-electron chi connectivity index (χ2n) is 6.29. The molecule has 2 aliphatic rings. The Balaban J connectivity index is 1.62. The summed E-state index contributed by atoms with van der Waals surface area (Å²) in [6.07, 6.45) is 7.09. The summed E-state index contributed by atoms with van der Waals surface area (Å²) in [5.74, 6) is 1.66. The third-order valence-corrected chi connectivity index (χ3v) is 5.92. The van der Waals surface area contributed by atoms with E-state index in [1.54, 1.807) is 13.0 Å². The van der Waals surface area contributed by atoms with Gasteiger partial charge in [0.1, 0.15) is 16.4 Å². The summed E-state index contributed by atoms with van der Waals surface area (Å²) in [6.45, 7) is 2.86. The molecule has 0 aromatic carbocycles. The Morgan fingerprint density at radius 3 is 2.62 bits per heavy atom. The molecule has 0 bridgehead atoms. The molecule has 0 unspecified atom stereocenters. The highest BCUT2D eigenvalue weighted by Crippen LogP contribution is 2.26. The minimum absolute atomic E-state index is 0.285. The minimum atomic E-state index is -3.45. The van der Waals surface area contributed by atoms with Crippen LogP contribution in [0.5, 0.6) is 0 Å². The molecule has 3 rings (SSSR count). The zero-order chi connectivity index (χ0) is 14.9. The highest BCUT2D eigenvalue weighted by molar-refractivity contribution is 7.89. The van der Waals surface area contributed by atoms with Gasteiger partial charge in [0.05, 0.1) is 6.54 Å². The van der Waals surface area contributed by atoms with E-state index in [4.69, 9.17) is 4.42 Å². The Morgan fingerprint density at radius 1 is 1.24 bits per heavy atom. The Morgan fingerprint density at radius 2 is 1.95 bits per heavy atom. The standard InChI is InChI=1S/C15H24N2O3S/c1-11-15(8-14(20-11)10-16-13-6-7-13)21(18,19)17-9-12-4-2-3-5-12/h8,12-13,16-17H,2-7,9-10H2,1H3. The van der Waals surface area contributed by atoms with Gasteiger partial charge in [-0.3, -0.25) is 0 Å². The molecule has 1 heterocycles. The normalized spacial score (nSPS) is 20.2. The van der Waals surface area contributed by atoms with Crippen LogP contribution in [0.25, 0.3) is 0 Å². The zero-order valence-electron chi connectivity index (χ0n) is 12.5. The van der Waals surface area contributed by atoms with Crippen LogP contribution in [0.4, 0.5) is 0 Å². The van der Waals surface area contributed by atoms with E-state index in [9.17, 15) is 8.42 Å². The van der Waals surface area contributed by atoms with Crippen LogP contribution >= 0.6 is 0 Å². The van der Waals surface area contributed by atoms with Crippen molar-refractivity contribution in [2.45, 2.75) is 62.9 Å². The Hall–Kier alpha value is -0.850. The van der Waals surface area contributed by atoms with Gasteiger partial charge in [-0.15, -0.1) is 0 Å². The molecule has 0 spiro atoms. The lowest BCUT2D eigenvalue weighted by molar-refractivity contribution is 0.455. The maximum atomic E-state index is 12.4. The van der Waals surface area contributed by atoms with Gasteiger partial charge in [-0.25, -0.2) is 13.1 Å². The van der Waals surface area contributed by atoms with Crippen molar-refractivity contribution in [3.63, 3.8) is 0 Å². The van der Waals surface area contributed by atoms with Gasteiger partial charge in [-0.1, -0.05) is 12.8 Å². The smallest absolute Gasteiger partial charge is 0.244 e. The van der Waals surface area contributed by atoms with Gasteiger partial charge in [0.15, 0.2) is 0 Å². The van der Waals surface area contributed by atoms with Crippen molar-refractivity contribution in [2.24, 2.45) is 5.92 Å². The van der Waals surface area contributed by atoms with E-state index in [-0.39, 0.29) is 4.90 Å². The first-order chi connectivity index (χ1) is 10.0. The SMILES string of the molecule is Cc1oc(CNC2CC2)cc1S(=O)(=O)NCC1CCCC1. The van der Waals surface area contributed by atoms with Gasteiger partial charge in [0.25, 0.3) is 0 Å². The lowest BCUT2D eigenvalue weighted by Gasteiger charge is -2.10. The maximum Gasteiger partial charge on any atom is 0.244 e. The fourth-order valence-electron chi connectivity index (χ4n) is 2.93. The molecule has 2 fully saturated rings. The van der Waals surface area contributed by atoms with Crippen molar-refractivity contribution < 1.29 is 12.8 Å². The molecule has 1 aromatic heterocycles. The molecule has 2 aliphatic carbocycles. The Bertz CT molecular complexity index is 584. The van der Waals surface area contributed by atoms with Crippen LogP contribution in [0.15, 0.2) is 15.4 Å². The van der Waals surface area contributed by atoms with Gasteiger partial charge in [-0.2, -0.15) is 0 Å². The number of nitrogens with one attached hydrogen (secondary N) is 2. The summed E-state index contributed by atoms with van der Waals surface area (Å²) in [5, 5.41) is 3.33. The molecule has 118 valence electrons. The van der Waals surface area contributed by atoms with Gasteiger partial charge in [0.2, 0.25) is 10.0 Å². The second kappa shape index (κ2) is 6.10.